The van der Waals surface area contributed by atoms with E-state index in [0.29, 0.717) is 44.8 Å². The summed E-state index contributed by atoms with van der Waals surface area (Å²) in [5, 5.41) is 15.7. The van der Waals surface area contributed by atoms with Crippen molar-refractivity contribution < 1.29 is 33.4 Å². The van der Waals surface area contributed by atoms with E-state index in [1.807, 2.05) is 0 Å². The predicted octanol–water partition coefficient (Wildman–Crippen LogP) is 5.90. The molecule has 0 fully saturated rings. The van der Waals surface area contributed by atoms with Crippen LogP contribution in [0.3, 0.4) is 0 Å². The van der Waals surface area contributed by atoms with Crippen LogP contribution < -0.4 is 29.2 Å². The van der Waals surface area contributed by atoms with Gasteiger partial charge in [0.25, 0.3) is 11.2 Å². The van der Waals surface area contributed by atoms with Gasteiger partial charge in [0.2, 0.25) is 5.75 Å². The molecular weight excluding hydrogens is 620 g/mol. The fourth-order valence-corrected chi connectivity index (χ4v) is 4.72. The van der Waals surface area contributed by atoms with Crippen LogP contribution in [-0.2, 0) is 4.79 Å². The number of fused-ring (bicyclic) bond motifs is 1. The Morgan fingerprint density at radius 3 is 2.23 bits per heavy atom. The monoisotopic (exact) mass is 650 g/mol. The van der Waals surface area contributed by atoms with Crippen LogP contribution in [0.4, 0.5) is 5.69 Å². The van der Waals surface area contributed by atoms with Gasteiger partial charge in [-0.1, -0.05) is 12.1 Å². The molecule has 0 aliphatic heterocycles. The molecule has 244 valence electrons. The quantitative estimate of drug-likeness (QED) is 0.0398. The second kappa shape index (κ2) is 14.7. The highest BCUT2D eigenvalue weighted by Crippen LogP contribution is 2.41. The second-order valence-electron chi connectivity index (χ2n) is 9.97. The molecule has 0 N–H and O–H groups in total. The zero-order chi connectivity index (χ0) is 34.2. The molecule has 0 amide bonds. The van der Waals surface area contributed by atoms with E-state index in [2.05, 4.69) is 5.10 Å². The molecule has 48 heavy (non-hydrogen) atoms. The number of nitro benzene ring substituents is 1. The zero-order valence-electron chi connectivity index (χ0n) is 26.4. The number of non-ortho nitro benzene ring substituents is 1. The van der Waals surface area contributed by atoms with E-state index < -0.39 is 16.5 Å². The summed E-state index contributed by atoms with van der Waals surface area (Å²) in [7, 11) is 4.48. The van der Waals surface area contributed by atoms with Crippen molar-refractivity contribution in [2.24, 2.45) is 5.10 Å². The van der Waals surface area contributed by atoms with E-state index in [1.165, 1.54) is 68.6 Å². The average Bonchev–Trinajstić information content (AvgIpc) is 3.10. The Labute approximate surface area is 274 Å². The molecule has 13 nitrogen and oxygen atoms in total. The molecule has 0 aliphatic rings. The van der Waals surface area contributed by atoms with Crippen LogP contribution in [0, 0.1) is 10.1 Å². The molecule has 0 spiro atoms. The van der Waals surface area contributed by atoms with Gasteiger partial charge in [0.05, 0.1) is 50.0 Å². The normalized spacial score (nSPS) is 11.2. The summed E-state index contributed by atoms with van der Waals surface area (Å²) in [6, 6.07) is 20.8. The molecule has 1 heterocycles. The smallest absolute Gasteiger partial charge is 0.336 e. The van der Waals surface area contributed by atoms with Crippen LogP contribution in [0.5, 0.6) is 28.7 Å². The van der Waals surface area contributed by atoms with E-state index >= 15 is 0 Å². The van der Waals surface area contributed by atoms with Crippen molar-refractivity contribution in [3.63, 3.8) is 0 Å². The van der Waals surface area contributed by atoms with Crippen molar-refractivity contribution in [3.8, 4) is 40.1 Å². The Hall–Kier alpha value is -6.50. The Balaban J connectivity index is 1.48. The minimum Gasteiger partial charge on any atom is -0.493 e. The highest BCUT2D eigenvalue weighted by Gasteiger charge is 2.19. The molecule has 0 atom stereocenters. The predicted molar refractivity (Wildman–Crippen MR) is 179 cm³/mol. The lowest BCUT2D eigenvalue weighted by atomic mass is 10.1. The fraction of sp³-hybridized carbons (Fsp3) is 0.143. The number of nitrogens with zero attached hydrogens (tertiary/aromatic N) is 4. The number of carbonyl (C=O) groups excluding carboxylic acids is 1. The van der Waals surface area contributed by atoms with Gasteiger partial charge in [-0.05, 0) is 78.7 Å². The first-order valence-corrected chi connectivity index (χ1v) is 14.5. The average molecular weight is 651 g/mol. The lowest BCUT2D eigenvalue weighted by molar-refractivity contribution is -0.384. The molecule has 0 saturated heterocycles. The lowest BCUT2D eigenvalue weighted by Gasteiger charge is -2.15. The highest BCUT2D eigenvalue weighted by atomic mass is 16.6. The van der Waals surface area contributed by atoms with Gasteiger partial charge in [-0.3, -0.25) is 14.9 Å². The van der Waals surface area contributed by atoms with Gasteiger partial charge in [-0.2, -0.15) is 9.78 Å². The first kappa shape index (κ1) is 32.9. The number of para-hydroxylation sites is 1. The van der Waals surface area contributed by atoms with E-state index in [4.69, 9.17) is 28.7 Å². The number of hydrogen-bond acceptors (Lipinski definition) is 11. The van der Waals surface area contributed by atoms with Crippen molar-refractivity contribution in [2.75, 3.05) is 27.9 Å². The first-order valence-electron chi connectivity index (χ1n) is 14.5. The van der Waals surface area contributed by atoms with Gasteiger partial charge in [-0.15, -0.1) is 0 Å². The molecule has 5 aromatic rings. The summed E-state index contributed by atoms with van der Waals surface area (Å²) in [5.74, 6) is 1.11. The van der Waals surface area contributed by atoms with Gasteiger partial charge in [0, 0.05) is 23.8 Å². The SMILES string of the molecule is CCOc1cc(C=Nn2c(-c3cc(OC)c(OC)c(OC)c3)nc3ccccc3c2=O)ccc1OC(=O)/C=C/c1ccc([N+](=O)[O-])cc1. The van der Waals surface area contributed by atoms with Crippen LogP contribution >= 0.6 is 0 Å². The number of hydrogen-bond donors (Lipinski definition) is 0. The molecule has 13 heteroatoms. The third-order valence-electron chi connectivity index (χ3n) is 6.99. The Morgan fingerprint density at radius 2 is 1.58 bits per heavy atom. The molecule has 0 bridgehead atoms. The van der Waals surface area contributed by atoms with Gasteiger partial charge >= 0.3 is 5.97 Å². The number of rotatable bonds is 12. The molecule has 0 unspecified atom stereocenters. The zero-order valence-corrected chi connectivity index (χ0v) is 26.4. The molecule has 0 saturated carbocycles. The Morgan fingerprint density at radius 1 is 0.896 bits per heavy atom. The fourth-order valence-electron chi connectivity index (χ4n) is 4.72. The van der Waals surface area contributed by atoms with E-state index in [-0.39, 0.29) is 29.6 Å². The van der Waals surface area contributed by atoms with Crippen molar-refractivity contribution in [2.45, 2.75) is 6.92 Å². The lowest BCUT2D eigenvalue weighted by Crippen LogP contribution is -2.20. The molecule has 4 aromatic carbocycles. The van der Waals surface area contributed by atoms with Crippen LogP contribution in [0.15, 0.2) is 94.8 Å². The number of ether oxygens (including phenoxy) is 5. The minimum absolute atomic E-state index is 0.0566. The number of aromatic nitrogens is 2. The van der Waals surface area contributed by atoms with Crippen LogP contribution in [0.2, 0.25) is 0 Å². The van der Waals surface area contributed by atoms with Crippen LogP contribution in [0.25, 0.3) is 28.4 Å². The third kappa shape index (κ3) is 7.15. The van der Waals surface area contributed by atoms with Gasteiger partial charge < -0.3 is 23.7 Å². The van der Waals surface area contributed by atoms with Crippen LogP contribution in [-0.4, -0.2) is 54.7 Å². The summed E-state index contributed by atoms with van der Waals surface area (Å²) in [4.78, 5) is 41.4. The number of nitro groups is 1. The molecule has 0 aliphatic carbocycles. The van der Waals surface area contributed by atoms with Crippen molar-refractivity contribution in [1.29, 1.82) is 0 Å². The topological polar surface area (TPSA) is 154 Å². The largest absolute Gasteiger partial charge is 0.493 e. The van der Waals surface area contributed by atoms with Crippen molar-refractivity contribution in [1.82, 2.24) is 9.66 Å². The summed E-state index contributed by atoms with van der Waals surface area (Å²) in [6.45, 7) is 2.06. The van der Waals surface area contributed by atoms with E-state index in [1.54, 1.807) is 61.5 Å². The highest BCUT2D eigenvalue weighted by molar-refractivity contribution is 5.89. The maximum absolute atomic E-state index is 13.7. The van der Waals surface area contributed by atoms with Gasteiger partial charge in [0.1, 0.15) is 0 Å². The third-order valence-corrected chi connectivity index (χ3v) is 6.99. The summed E-state index contributed by atoms with van der Waals surface area (Å²) in [6.07, 6.45) is 4.15. The second-order valence-corrected chi connectivity index (χ2v) is 9.97. The molecule has 1 aromatic heterocycles. The van der Waals surface area contributed by atoms with Crippen molar-refractivity contribution in [3.05, 3.63) is 117 Å². The van der Waals surface area contributed by atoms with E-state index in [9.17, 15) is 19.7 Å². The molecular formula is C35H30N4O9. The number of carbonyl (C=O) groups is 1. The Bertz CT molecular complexity index is 2080. The standard InChI is InChI=1S/C35H30N4O9/c1-5-47-29-18-23(12-16-28(29)48-32(40)17-13-22-10-14-25(15-11-22)39(42)43)21-36-38-34(37-27-9-7-6-8-26(27)35(38)41)24-19-30(44-2)33(46-4)31(20-24)45-3/h6-21H,5H2,1-4H3/b17-13+,36-21?. The van der Waals surface area contributed by atoms with E-state index in [0.717, 1.165) is 0 Å². The maximum atomic E-state index is 13.7. The Kier molecular flexibility index (Phi) is 10.1. The van der Waals surface area contributed by atoms with Crippen molar-refractivity contribution >= 4 is 34.9 Å². The first-order chi connectivity index (χ1) is 23.3. The minimum atomic E-state index is -0.681. The van der Waals surface area contributed by atoms with Crippen LogP contribution in [0.1, 0.15) is 18.1 Å². The van der Waals surface area contributed by atoms with Gasteiger partial charge in [-0.25, -0.2) is 9.78 Å². The number of benzene rings is 4. The molecule has 5 rings (SSSR count). The number of methoxy groups -OCH3 is 3. The number of esters is 1. The maximum Gasteiger partial charge on any atom is 0.336 e. The van der Waals surface area contributed by atoms with Gasteiger partial charge in [0.15, 0.2) is 28.8 Å². The summed E-state index contributed by atoms with van der Waals surface area (Å²) in [5.41, 5.74) is 1.62. The molecule has 0 radical (unpaired) electrons. The summed E-state index contributed by atoms with van der Waals surface area (Å²) >= 11 is 0. The summed E-state index contributed by atoms with van der Waals surface area (Å²) < 4.78 is 28.9.